The molecular formula is C30H34N4O7S. The first-order chi connectivity index (χ1) is 20.0. The van der Waals surface area contributed by atoms with Gasteiger partial charge < -0.3 is 30.9 Å². The first kappa shape index (κ1) is 29.6. The van der Waals surface area contributed by atoms with Crippen LogP contribution in [0, 0.1) is 11.8 Å². The molecule has 12 heteroatoms. The number of amides is 2. The number of benzene rings is 2. The van der Waals surface area contributed by atoms with Crippen LogP contribution in [0.4, 0.5) is 11.4 Å². The van der Waals surface area contributed by atoms with E-state index < -0.39 is 36.0 Å². The smallest absolute Gasteiger partial charge is 0.353 e. The van der Waals surface area contributed by atoms with Crippen molar-refractivity contribution in [2.24, 2.45) is 11.8 Å². The number of rotatable bonds is 10. The summed E-state index contributed by atoms with van der Waals surface area (Å²) in [6.45, 7) is 4.37. The van der Waals surface area contributed by atoms with Gasteiger partial charge in [-0.1, -0.05) is 31.2 Å². The van der Waals surface area contributed by atoms with E-state index in [1.54, 1.807) is 19.1 Å². The minimum absolute atomic E-state index is 0.0372. The zero-order valence-corrected chi connectivity index (χ0v) is 24.3. The van der Waals surface area contributed by atoms with Crippen molar-refractivity contribution in [1.82, 2.24) is 9.80 Å². The van der Waals surface area contributed by atoms with Gasteiger partial charge in [0, 0.05) is 47.6 Å². The number of anilines is 2. The highest BCUT2D eigenvalue weighted by molar-refractivity contribution is 8.03. The number of nitrogens with zero attached hydrogens (tertiary/aromatic N) is 2. The number of fused-ring (bicyclic) bond motifs is 1. The van der Waals surface area contributed by atoms with Crippen LogP contribution in [0.2, 0.25) is 0 Å². The molecule has 0 radical (unpaired) electrons. The number of hydrogen-bond donors (Lipinski definition) is 5. The Morgan fingerprint density at radius 3 is 2.50 bits per heavy atom. The molecule has 2 amide bonds. The molecule has 0 aromatic heterocycles. The Bertz CT molecular complexity index is 1460. The predicted octanol–water partition coefficient (Wildman–Crippen LogP) is 2.89. The summed E-state index contributed by atoms with van der Waals surface area (Å²) >= 11 is 1.39. The molecule has 222 valence electrons. The minimum atomic E-state index is -1.19. The van der Waals surface area contributed by atoms with Crippen LogP contribution < -0.4 is 10.6 Å². The molecule has 0 unspecified atom stereocenters. The molecule has 2 aromatic carbocycles. The third-order valence-corrected chi connectivity index (χ3v) is 9.80. The number of aliphatic hydroxyl groups is 1. The first-order valence-corrected chi connectivity index (χ1v) is 14.7. The van der Waals surface area contributed by atoms with Gasteiger partial charge in [0.15, 0.2) is 0 Å². The summed E-state index contributed by atoms with van der Waals surface area (Å²) in [5.74, 6) is -3.87. The van der Waals surface area contributed by atoms with Crippen molar-refractivity contribution in [3.8, 4) is 0 Å². The largest absolute Gasteiger partial charge is 0.478 e. The Morgan fingerprint density at radius 2 is 1.83 bits per heavy atom. The molecule has 3 aliphatic rings. The molecular weight excluding hydrogens is 560 g/mol. The van der Waals surface area contributed by atoms with Gasteiger partial charge in [-0.25, -0.2) is 9.59 Å². The van der Waals surface area contributed by atoms with Crippen LogP contribution >= 0.6 is 11.8 Å². The van der Waals surface area contributed by atoms with Crippen LogP contribution in [0.15, 0.2) is 59.1 Å². The summed E-state index contributed by atoms with van der Waals surface area (Å²) in [5.41, 5.74) is 2.31. The number of hydrogen-bond acceptors (Lipinski definition) is 8. The maximum absolute atomic E-state index is 13.6. The number of nitrogens with one attached hydrogen (secondary N) is 2. The highest BCUT2D eigenvalue weighted by Crippen LogP contribution is 2.52. The van der Waals surface area contributed by atoms with Gasteiger partial charge in [0.25, 0.3) is 0 Å². The summed E-state index contributed by atoms with van der Waals surface area (Å²) in [7, 11) is 1.83. The maximum atomic E-state index is 13.6. The van der Waals surface area contributed by atoms with Crippen molar-refractivity contribution in [2.75, 3.05) is 24.2 Å². The Labute approximate surface area is 247 Å². The SMILES string of the molecule is CNc1ccccc1CN1C[C@@H](SC2=C(C(=O)O)N3C(=O)[C@H]([C@@H](C)O)[C@H]3[C@H]2C)C[C@H]1C(=O)Nc1cccc(C(=O)O)c1. The third kappa shape index (κ3) is 5.37. The van der Waals surface area contributed by atoms with Crippen molar-refractivity contribution in [1.29, 1.82) is 0 Å². The molecule has 5 N–H and O–H groups in total. The van der Waals surface area contributed by atoms with Crippen molar-refractivity contribution < 1.29 is 34.5 Å². The van der Waals surface area contributed by atoms with Crippen LogP contribution in [0.5, 0.6) is 0 Å². The molecule has 3 heterocycles. The average molecular weight is 595 g/mol. The van der Waals surface area contributed by atoms with E-state index in [1.165, 1.54) is 28.8 Å². The summed E-state index contributed by atoms with van der Waals surface area (Å²) in [5, 5.41) is 35.5. The molecule has 42 heavy (non-hydrogen) atoms. The van der Waals surface area contributed by atoms with E-state index in [9.17, 15) is 34.5 Å². The second-order valence-electron chi connectivity index (χ2n) is 11.0. The van der Waals surface area contributed by atoms with Crippen LogP contribution in [0.1, 0.15) is 36.2 Å². The number of carbonyl (C=O) groups is 4. The van der Waals surface area contributed by atoms with Crippen LogP contribution in [0.3, 0.4) is 0 Å². The zero-order valence-electron chi connectivity index (χ0n) is 23.5. The Hall–Kier alpha value is -3.87. The fourth-order valence-corrected chi connectivity index (χ4v) is 7.88. The molecule has 0 aliphatic carbocycles. The molecule has 5 rings (SSSR count). The third-order valence-electron chi connectivity index (χ3n) is 8.31. The number of carboxylic acids is 2. The first-order valence-electron chi connectivity index (χ1n) is 13.8. The van der Waals surface area contributed by atoms with Crippen molar-refractivity contribution >= 4 is 46.9 Å². The molecule has 0 saturated carbocycles. The van der Waals surface area contributed by atoms with E-state index in [-0.39, 0.29) is 34.2 Å². The van der Waals surface area contributed by atoms with Crippen molar-refractivity contribution in [3.05, 3.63) is 70.3 Å². The number of carbonyl (C=O) groups excluding carboxylic acids is 2. The van der Waals surface area contributed by atoms with E-state index in [4.69, 9.17) is 0 Å². The number of aliphatic hydroxyl groups excluding tert-OH is 1. The highest BCUT2D eigenvalue weighted by Gasteiger charge is 2.60. The van der Waals surface area contributed by atoms with E-state index in [0.29, 0.717) is 30.1 Å². The normalized spacial score (nSPS) is 26.0. The lowest BCUT2D eigenvalue weighted by atomic mass is 9.79. The number of β-lactam (4-membered cyclic amide) rings is 1. The summed E-state index contributed by atoms with van der Waals surface area (Å²) in [4.78, 5) is 54.1. The number of para-hydroxylation sites is 1. The van der Waals surface area contributed by atoms with Gasteiger partial charge in [0.2, 0.25) is 11.8 Å². The van der Waals surface area contributed by atoms with Crippen molar-refractivity contribution in [3.63, 3.8) is 0 Å². The Balaban J connectivity index is 1.41. The van der Waals surface area contributed by atoms with E-state index in [2.05, 4.69) is 10.6 Å². The molecule has 0 bridgehead atoms. The van der Waals surface area contributed by atoms with Gasteiger partial charge in [-0.05, 0) is 43.2 Å². The molecule has 2 aromatic rings. The average Bonchev–Trinajstić information content (AvgIpc) is 3.45. The number of carboxylic acid groups (broad SMARTS) is 2. The second kappa shape index (κ2) is 11.8. The van der Waals surface area contributed by atoms with Crippen LogP contribution in [0.25, 0.3) is 0 Å². The van der Waals surface area contributed by atoms with Gasteiger partial charge in [-0.3, -0.25) is 14.5 Å². The lowest BCUT2D eigenvalue weighted by molar-refractivity contribution is -0.163. The maximum Gasteiger partial charge on any atom is 0.353 e. The molecule has 2 saturated heterocycles. The summed E-state index contributed by atoms with van der Waals surface area (Å²) in [6.07, 6.45) is -0.471. The fraction of sp³-hybridized carbons (Fsp3) is 0.400. The molecule has 6 atom stereocenters. The second-order valence-corrected chi connectivity index (χ2v) is 12.3. The predicted molar refractivity (Wildman–Crippen MR) is 158 cm³/mol. The summed E-state index contributed by atoms with van der Waals surface area (Å²) in [6, 6.07) is 12.9. The van der Waals surface area contributed by atoms with Gasteiger partial charge in [0.05, 0.1) is 29.7 Å². The van der Waals surface area contributed by atoms with Crippen LogP contribution in [-0.4, -0.2) is 85.9 Å². The van der Waals surface area contributed by atoms with Gasteiger partial charge in [-0.15, -0.1) is 11.8 Å². The van der Waals surface area contributed by atoms with E-state index >= 15 is 0 Å². The minimum Gasteiger partial charge on any atom is -0.478 e. The number of likely N-dealkylation sites (tertiary alicyclic amines) is 1. The summed E-state index contributed by atoms with van der Waals surface area (Å²) < 4.78 is 0. The van der Waals surface area contributed by atoms with Gasteiger partial charge >= 0.3 is 11.9 Å². The Morgan fingerprint density at radius 1 is 1.10 bits per heavy atom. The van der Waals surface area contributed by atoms with Crippen LogP contribution in [-0.2, 0) is 20.9 Å². The number of aromatic carboxylic acids is 1. The topological polar surface area (TPSA) is 160 Å². The van der Waals surface area contributed by atoms with E-state index in [1.807, 2.05) is 43.1 Å². The number of thioether (sulfide) groups is 1. The van der Waals surface area contributed by atoms with Gasteiger partial charge in [0.1, 0.15) is 5.70 Å². The zero-order chi connectivity index (χ0) is 30.3. The highest BCUT2D eigenvalue weighted by atomic mass is 32.2. The molecule has 2 fully saturated rings. The Kier molecular flexibility index (Phi) is 8.31. The molecule has 3 aliphatic heterocycles. The fourth-order valence-electron chi connectivity index (χ4n) is 6.33. The monoisotopic (exact) mass is 594 g/mol. The lowest BCUT2D eigenvalue weighted by Crippen LogP contribution is -2.63. The standard InChI is InChI=1S/C30H34N4O7S/c1-15-24-23(16(2)35)28(37)34(24)25(30(40)41)26(15)42-20-12-22(27(36)32-19-9-6-8-17(11-19)29(38)39)33(14-20)13-18-7-4-5-10-21(18)31-3/h4-11,15-16,20,22-24,31,35H,12-14H2,1-3H3,(H,32,36)(H,38,39)(H,40,41)/t15-,16-,20+,22+,23-,24-/m1/s1. The van der Waals surface area contributed by atoms with E-state index in [0.717, 1.165) is 11.3 Å². The van der Waals surface area contributed by atoms with Gasteiger partial charge in [-0.2, -0.15) is 0 Å². The lowest BCUT2D eigenvalue weighted by Gasteiger charge is -2.46. The quantitative estimate of drug-likeness (QED) is 0.259. The molecule has 0 spiro atoms. The molecule has 11 nitrogen and oxygen atoms in total. The van der Waals surface area contributed by atoms with Crippen molar-refractivity contribution in [2.45, 2.75) is 50.3 Å². The number of aliphatic carboxylic acids is 1.